The van der Waals surface area contributed by atoms with Crippen molar-refractivity contribution < 1.29 is 24.2 Å². The summed E-state index contributed by atoms with van der Waals surface area (Å²) in [4.78, 5) is 25.1. The van der Waals surface area contributed by atoms with Crippen LogP contribution in [0.25, 0.3) is 0 Å². The van der Waals surface area contributed by atoms with Crippen molar-refractivity contribution in [3.63, 3.8) is 0 Å². The lowest BCUT2D eigenvalue weighted by molar-refractivity contribution is -0.217. The van der Waals surface area contributed by atoms with Crippen LogP contribution in [0.3, 0.4) is 0 Å². The summed E-state index contributed by atoms with van der Waals surface area (Å²) < 4.78 is 10.7. The van der Waals surface area contributed by atoms with Gasteiger partial charge in [-0.1, -0.05) is 0 Å². The van der Waals surface area contributed by atoms with Crippen molar-refractivity contribution in [3.05, 3.63) is 0 Å². The van der Waals surface area contributed by atoms with Crippen molar-refractivity contribution in [2.24, 2.45) is 0 Å². The van der Waals surface area contributed by atoms with Crippen molar-refractivity contribution in [2.75, 3.05) is 0 Å². The molecule has 1 saturated heterocycles. The van der Waals surface area contributed by atoms with Crippen molar-refractivity contribution in [1.29, 1.82) is 0 Å². The van der Waals surface area contributed by atoms with Gasteiger partial charge in [-0.15, -0.1) is 0 Å². The minimum Gasteiger partial charge on any atom is -0.442 e. The van der Waals surface area contributed by atoms with Gasteiger partial charge in [0.25, 0.3) is 0 Å². The second-order valence-corrected chi connectivity index (χ2v) is 8.22. The number of ether oxygens (including phenoxy) is 2. The Balaban J connectivity index is 3.14. The molecule has 23 heavy (non-hydrogen) atoms. The van der Waals surface area contributed by atoms with E-state index >= 15 is 0 Å². The van der Waals surface area contributed by atoms with Gasteiger partial charge >= 0.3 is 12.2 Å². The van der Waals surface area contributed by atoms with Crippen molar-refractivity contribution in [1.82, 2.24) is 10.0 Å². The van der Waals surface area contributed by atoms with Crippen molar-refractivity contribution in [3.8, 4) is 0 Å². The monoisotopic (exact) mass is 330 g/mol. The van der Waals surface area contributed by atoms with Crippen molar-refractivity contribution in [2.45, 2.75) is 91.2 Å². The highest BCUT2D eigenvalue weighted by atomic mass is 16.6. The number of hydrogen-bond donors (Lipinski definition) is 1. The number of carbonyl (C=O) groups excluding carboxylic acids is 2. The molecule has 1 aliphatic heterocycles. The lowest BCUT2D eigenvalue weighted by atomic mass is 10.0. The molecule has 0 aliphatic carbocycles. The molecule has 2 atom stereocenters. The molecule has 2 amide bonds. The van der Waals surface area contributed by atoms with E-state index in [1.165, 1.54) is 6.92 Å². The van der Waals surface area contributed by atoms with Crippen LogP contribution in [0, 0.1) is 0 Å². The Morgan fingerprint density at radius 1 is 1.04 bits per heavy atom. The summed E-state index contributed by atoms with van der Waals surface area (Å²) >= 11 is 0. The molecule has 1 heterocycles. The molecule has 1 aliphatic rings. The summed E-state index contributed by atoms with van der Waals surface area (Å²) in [6.07, 6.45) is -0.575. The molecule has 7 heteroatoms. The number of hydrazine groups is 1. The predicted octanol–water partition coefficient (Wildman–Crippen LogP) is 3.27. The second-order valence-electron chi connectivity index (χ2n) is 8.22. The lowest BCUT2D eigenvalue weighted by Crippen LogP contribution is -2.67. The second kappa shape index (κ2) is 6.19. The van der Waals surface area contributed by atoms with Crippen molar-refractivity contribution >= 4 is 12.2 Å². The third kappa shape index (κ3) is 5.27. The molecule has 1 fully saturated rings. The first-order chi connectivity index (χ1) is 10.1. The highest BCUT2D eigenvalue weighted by Crippen LogP contribution is 2.32. The minimum absolute atomic E-state index is 0.294. The van der Waals surface area contributed by atoms with Crippen LogP contribution in [-0.4, -0.2) is 50.3 Å². The molecule has 0 aromatic carbocycles. The molecule has 7 nitrogen and oxygen atoms in total. The Morgan fingerprint density at radius 3 is 1.91 bits per heavy atom. The number of nitrogens with zero attached hydrogens (tertiary/aromatic N) is 2. The van der Waals surface area contributed by atoms with Gasteiger partial charge in [0, 0.05) is 0 Å². The van der Waals surface area contributed by atoms with E-state index in [2.05, 4.69) is 0 Å². The summed E-state index contributed by atoms with van der Waals surface area (Å²) in [7, 11) is 0. The molecule has 0 aromatic rings. The van der Waals surface area contributed by atoms with Gasteiger partial charge in [-0.25, -0.2) is 14.6 Å². The van der Waals surface area contributed by atoms with Crippen LogP contribution in [0.15, 0.2) is 0 Å². The standard InChI is InChI=1S/C16H30N2O5/c1-11-9-10-16(8,21)18(13(20)23-15(5,6)7)17(11)12(19)22-14(2,3)4/h11,21H,9-10H2,1-8H3. The zero-order chi connectivity index (χ0) is 18.2. The number of hydrogen-bond acceptors (Lipinski definition) is 5. The molecule has 0 radical (unpaired) electrons. The molecular formula is C16H30N2O5. The fourth-order valence-electron chi connectivity index (χ4n) is 2.30. The van der Waals surface area contributed by atoms with Gasteiger partial charge in [0.1, 0.15) is 11.2 Å². The Hall–Kier alpha value is -1.50. The van der Waals surface area contributed by atoms with Crippen LogP contribution >= 0.6 is 0 Å². The minimum atomic E-state index is -1.52. The van der Waals surface area contributed by atoms with E-state index in [1.807, 2.05) is 0 Å². The first kappa shape index (κ1) is 19.5. The summed E-state index contributed by atoms with van der Waals surface area (Å²) in [5.74, 6) is 0. The first-order valence-electron chi connectivity index (χ1n) is 7.92. The number of rotatable bonds is 0. The molecule has 0 bridgehead atoms. The maximum atomic E-state index is 12.5. The Labute approximate surface area is 138 Å². The SMILES string of the molecule is CC1CCC(C)(O)N(C(=O)OC(C)(C)C)N1C(=O)OC(C)(C)C. The quantitative estimate of drug-likeness (QED) is 0.737. The van der Waals surface area contributed by atoms with Gasteiger partial charge in [-0.3, -0.25) is 0 Å². The van der Waals surface area contributed by atoms with E-state index in [9.17, 15) is 14.7 Å². The number of carbonyl (C=O) groups is 2. The van der Waals surface area contributed by atoms with Crippen LogP contribution in [0.2, 0.25) is 0 Å². The topological polar surface area (TPSA) is 79.3 Å². The van der Waals surface area contributed by atoms with E-state index in [1.54, 1.807) is 48.5 Å². The zero-order valence-corrected chi connectivity index (χ0v) is 15.5. The number of amides is 2. The summed E-state index contributed by atoms with van der Waals surface area (Å²) in [6.45, 7) is 13.7. The molecule has 134 valence electrons. The van der Waals surface area contributed by atoms with Gasteiger partial charge in [0.05, 0.1) is 6.04 Å². The van der Waals surface area contributed by atoms with E-state index in [0.717, 1.165) is 10.0 Å². The molecule has 2 unspecified atom stereocenters. The molecule has 1 rings (SSSR count). The molecule has 0 spiro atoms. The Morgan fingerprint density at radius 2 is 1.48 bits per heavy atom. The average Bonchev–Trinajstić information content (AvgIpc) is 2.26. The molecule has 1 N–H and O–H groups in total. The summed E-state index contributed by atoms with van der Waals surface area (Å²) in [6, 6.07) is -0.294. The van der Waals surface area contributed by atoms with E-state index in [-0.39, 0.29) is 6.04 Å². The fourth-order valence-corrected chi connectivity index (χ4v) is 2.30. The third-order valence-corrected chi connectivity index (χ3v) is 3.27. The Kier molecular flexibility index (Phi) is 5.26. The average molecular weight is 330 g/mol. The van der Waals surface area contributed by atoms with Gasteiger partial charge < -0.3 is 14.6 Å². The van der Waals surface area contributed by atoms with Gasteiger partial charge in [-0.2, -0.15) is 5.01 Å². The van der Waals surface area contributed by atoms with Gasteiger partial charge in [-0.05, 0) is 68.2 Å². The van der Waals surface area contributed by atoms with Crippen LogP contribution < -0.4 is 0 Å². The largest absolute Gasteiger partial charge is 0.442 e. The summed E-state index contributed by atoms with van der Waals surface area (Å²) in [5.41, 5.74) is -2.97. The zero-order valence-electron chi connectivity index (χ0n) is 15.5. The number of aliphatic hydroxyl groups is 1. The highest BCUT2D eigenvalue weighted by molar-refractivity contribution is 5.75. The van der Waals surface area contributed by atoms with E-state index in [0.29, 0.717) is 12.8 Å². The first-order valence-corrected chi connectivity index (χ1v) is 7.92. The fraction of sp³-hybridized carbons (Fsp3) is 0.875. The molecular weight excluding hydrogens is 300 g/mol. The normalized spacial score (nSPS) is 26.0. The summed E-state index contributed by atoms with van der Waals surface area (Å²) in [5, 5.41) is 12.7. The van der Waals surface area contributed by atoms with Gasteiger partial charge in [0.15, 0.2) is 5.72 Å². The van der Waals surface area contributed by atoms with E-state index < -0.39 is 29.1 Å². The highest BCUT2D eigenvalue weighted by Gasteiger charge is 2.48. The maximum absolute atomic E-state index is 12.5. The third-order valence-electron chi connectivity index (χ3n) is 3.27. The predicted molar refractivity (Wildman–Crippen MR) is 85.5 cm³/mol. The maximum Gasteiger partial charge on any atom is 0.432 e. The van der Waals surface area contributed by atoms with Gasteiger partial charge in [0.2, 0.25) is 0 Å². The smallest absolute Gasteiger partial charge is 0.432 e. The van der Waals surface area contributed by atoms with Crippen LogP contribution in [-0.2, 0) is 9.47 Å². The molecule has 0 aromatic heterocycles. The van der Waals surface area contributed by atoms with Crippen LogP contribution in [0.5, 0.6) is 0 Å². The molecule has 0 saturated carbocycles. The lowest BCUT2D eigenvalue weighted by Gasteiger charge is -2.49. The van der Waals surface area contributed by atoms with E-state index in [4.69, 9.17) is 9.47 Å². The van der Waals surface area contributed by atoms with Crippen LogP contribution in [0.1, 0.15) is 68.2 Å². The van der Waals surface area contributed by atoms with Crippen LogP contribution in [0.4, 0.5) is 9.59 Å². The Bertz CT molecular complexity index is 462.